The van der Waals surface area contributed by atoms with Crippen LogP contribution in [0.4, 0.5) is 0 Å². The summed E-state index contributed by atoms with van der Waals surface area (Å²) in [6.45, 7) is 11.9. The third kappa shape index (κ3) is 3.38. The molecule has 0 amide bonds. The fourth-order valence-electron chi connectivity index (χ4n) is 4.42. The molecule has 0 saturated heterocycles. The highest BCUT2D eigenvalue weighted by atomic mass is 31.2. The first kappa shape index (κ1) is 20.3. The highest BCUT2D eigenvalue weighted by Gasteiger charge is 2.41. The van der Waals surface area contributed by atoms with Crippen molar-refractivity contribution >= 4 is 23.3 Å². The summed E-state index contributed by atoms with van der Waals surface area (Å²) in [6.07, 6.45) is 0. The summed E-state index contributed by atoms with van der Waals surface area (Å²) in [4.78, 5) is 13.8. The summed E-state index contributed by atoms with van der Waals surface area (Å²) in [5.74, 6) is 0. The first-order valence-corrected chi connectivity index (χ1v) is 11.2. The lowest BCUT2D eigenvalue weighted by Gasteiger charge is -2.26. The molecule has 0 fully saturated rings. The van der Waals surface area contributed by atoms with Gasteiger partial charge in [-0.2, -0.15) is 0 Å². The van der Waals surface area contributed by atoms with Gasteiger partial charge in [-0.3, -0.25) is 4.79 Å². The highest BCUT2D eigenvalue weighted by molar-refractivity contribution is 7.93. The summed E-state index contributed by atoms with van der Waals surface area (Å²) in [5, 5.41) is 1.36. The van der Waals surface area contributed by atoms with Gasteiger partial charge in [-0.05, 0) is 63.8 Å². The fourth-order valence-corrected chi connectivity index (χ4v) is 7.80. The van der Waals surface area contributed by atoms with Crippen LogP contribution in [0.1, 0.15) is 43.7 Å². The average Bonchev–Trinajstić information content (AvgIpc) is 2.60. The van der Waals surface area contributed by atoms with Gasteiger partial charge in [-0.1, -0.05) is 65.7 Å². The number of hydrogen-bond acceptors (Lipinski definition) is 2. The molecule has 0 saturated carbocycles. The lowest BCUT2D eigenvalue weighted by atomic mass is 10.1. The molecule has 0 aliphatic rings. The zero-order chi connectivity index (χ0) is 20.6. The zero-order valence-corrected chi connectivity index (χ0v) is 18.4. The van der Waals surface area contributed by atoms with Crippen LogP contribution in [0.25, 0.3) is 0 Å². The van der Waals surface area contributed by atoms with E-state index in [0.717, 1.165) is 33.4 Å². The number of carbonyl (C=O) groups excluding carboxylic acids is 1. The molecule has 0 aliphatic heterocycles. The van der Waals surface area contributed by atoms with E-state index in [1.807, 2.05) is 84.0 Å². The summed E-state index contributed by atoms with van der Waals surface area (Å²) in [7, 11) is -3.57. The topological polar surface area (TPSA) is 34.1 Å². The van der Waals surface area contributed by atoms with Gasteiger partial charge in [0.05, 0.1) is 0 Å². The Labute approximate surface area is 168 Å². The molecule has 3 heteroatoms. The van der Waals surface area contributed by atoms with Crippen molar-refractivity contribution in [3.05, 3.63) is 93.5 Å². The van der Waals surface area contributed by atoms with Gasteiger partial charge in [0.15, 0.2) is 0 Å². The van der Waals surface area contributed by atoms with Crippen molar-refractivity contribution in [2.45, 2.75) is 41.5 Å². The Hall–Kier alpha value is -2.44. The van der Waals surface area contributed by atoms with E-state index in [-0.39, 0.29) is 5.52 Å². The number of rotatable bonds is 4. The quantitative estimate of drug-likeness (QED) is 0.536. The summed E-state index contributed by atoms with van der Waals surface area (Å²) < 4.78 is 14.9. The molecule has 0 atom stereocenters. The lowest BCUT2D eigenvalue weighted by molar-refractivity contribution is 0.107. The number of benzene rings is 3. The van der Waals surface area contributed by atoms with Crippen molar-refractivity contribution in [2.24, 2.45) is 0 Å². The molecule has 0 spiro atoms. The van der Waals surface area contributed by atoms with Crippen molar-refractivity contribution in [1.29, 1.82) is 0 Å². The van der Waals surface area contributed by atoms with Gasteiger partial charge < -0.3 is 4.57 Å². The maximum atomic E-state index is 14.9. The van der Waals surface area contributed by atoms with Crippen LogP contribution in [0.15, 0.2) is 54.6 Å². The van der Waals surface area contributed by atoms with Gasteiger partial charge in [0.25, 0.3) is 0 Å². The maximum Gasteiger partial charge on any atom is 0.230 e. The lowest BCUT2D eigenvalue weighted by Crippen LogP contribution is -2.29. The average molecular weight is 390 g/mol. The third-order valence-electron chi connectivity index (χ3n) is 5.21. The zero-order valence-electron chi connectivity index (χ0n) is 17.5. The number of aryl methyl sites for hydroxylation is 6. The first-order chi connectivity index (χ1) is 13.2. The van der Waals surface area contributed by atoms with Crippen LogP contribution in [0.2, 0.25) is 0 Å². The molecule has 0 aromatic heterocycles. The van der Waals surface area contributed by atoms with Crippen molar-refractivity contribution in [2.75, 3.05) is 0 Å². The van der Waals surface area contributed by atoms with E-state index in [9.17, 15) is 9.36 Å². The minimum atomic E-state index is -3.57. The fraction of sp³-hybridized carbons (Fsp3) is 0.240. The van der Waals surface area contributed by atoms with Crippen LogP contribution < -0.4 is 10.6 Å². The normalized spacial score (nSPS) is 11.5. The monoisotopic (exact) mass is 390 g/mol. The molecule has 0 radical (unpaired) electrons. The molecule has 2 nitrogen and oxygen atoms in total. The first-order valence-electron chi connectivity index (χ1n) is 9.53. The van der Waals surface area contributed by atoms with Gasteiger partial charge >= 0.3 is 0 Å². The van der Waals surface area contributed by atoms with Crippen LogP contribution in [0, 0.1) is 41.5 Å². The van der Waals surface area contributed by atoms with E-state index in [2.05, 4.69) is 0 Å². The summed E-state index contributed by atoms with van der Waals surface area (Å²) in [5.41, 5.74) is 6.04. The van der Waals surface area contributed by atoms with E-state index in [4.69, 9.17) is 0 Å². The second kappa shape index (κ2) is 7.53. The Morgan fingerprint density at radius 3 is 1.36 bits per heavy atom. The van der Waals surface area contributed by atoms with Gasteiger partial charge in [-0.25, -0.2) is 0 Å². The Morgan fingerprint density at radius 1 is 0.643 bits per heavy atom. The molecule has 0 bridgehead atoms. The third-order valence-corrected chi connectivity index (χ3v) is 8.71. The van der Waals surface area contributed by atoms with Crippen molar-refractivity contribution in [1.82, 2.24) is 0 Å². The molecule has 3 aromatic carbocycles. The van der Waals surface area contributed by atoms with Gasteiger partial charge in [0.1, 0.15) is 0 Å². The molecule has 0 unspecified atom stereocenters. The molecule has 0 heterocycles. The van der Waals surface area contributed by atoms with Gasteiger partial charge in [-0.15, -0.1) is 0 Å². The molecule has 0 N–H and O–H groups in total. The number of hydrogen-bond donors (Lipinski definition) is 0. The molecule has 0 aliphatic carbocycles. The van der Waals surface area contributed by atoms with Crippen LogP contribution in [-0.4, -0.2) is 5.52 Å². The van der Waals surface area contributed by atoms with Crippen molar-refractivity contribution in [3.8, 4) is 0 Å². The summed E-state index contributed by atoms with van der Waals surface area (Å²) >= 11 is 0. The van der Waals surface area contributed by atoms with Crippen molar-refractivity contribution in [3.63, 3.8) is 0 Å². The second-order valence-electron chi connectivity index (χ2n) is 7.78. The van der Waals surface area contributed by atoms with Crippen LogP contribution >= 0.6 is 7.14 Å². The molecular formula is C25H27O2P. The van der Waals surface area contributed by atoms with Crippen LogP contribution in [0.3, 0.4) is 0 Å². The van der Waals surface area contributed by atoms with E-state index in [1.165, 1.54) is 0 Å². The minimum Gasteiger partial charge on any atom is -0.305 e. The van der Waals surface area contributed by atoms with Crippen LogP contribution in [0.5, 0.6) is 0 Å². The standard InChI is InChI=1S/C25H27O2P/c1-16-12-18(3)23(19(4)13-16)28(27,25(26)22-10-8-7-9-11-22)24-20(5)14-17(2)15-21(24)6/h7-15H,1-6H3. The van der Waals surface area contributed by atoms with E-state index < -0.39 is 7.14 Å². The van der Waals surface area contributed by atoms with E-state index >= 15 is 0 Å². The Bertz CT molecular complexity index is 1000. The summed E-state index contributed by atoms with van der Waals surface area (Å²) in [6, 6.07) is 17.1. The van der Waals surface area contributed by atoms with Gasteiger partial charge in [0, 0.05) is 16.2 Å². The Balaban J connectivity index is 2.44. The largest absolute Gasteiger partial charge is 0.305 e. The Kier molecular flexibility index (Phi) is 5.46. The maximum absolute atomic E-state index is 14.9. The highest BCUT2D eigenvalue weighted by Crippen LogP contribution is 2.50. The van der Waals surface area contributed by atoms with Gasteiger partial charge in [0.2, 0.25) is 12.7 Å². The molecule has 3 rings (SSSR count). The smallest absolute Gasteiger partial charge is 0.230 e. The molecule has 3 aromatic rings. The molecular weight excluding hydrogens is 363 g/mol. The second-order valence-corrected chi connectivity index (χ2v) is 10.3. The Morgan fingerprint density at radius 2 is 1.00 bits per heavy atom. The number of carbonyl (C=O) groups is 1. The minimum absolute atomic E-state index is 0.293. The van der Waals surface area contributed by atoms with E-state index in [0.29, 0.717) is 16.2 Å². The predicted octanol–water partition coefficient (Wildman–Crippen LogP) is 5.69. The van der Waals surface area contributed by atoms with E-state index in [1.54, 1.807) is 12.1 Å². The SMILES string of the molecule is Cc1cc(C)c(P(=O)(C(=O)c2ccccc2)c2c(C)cc(C)cc2C)c(C)c1. The molecule has 28 heavy (non-hydrogen) atoms. The molecule has 144 valence electrons. The van der Waals surface area contributed by atoms with Crippen molar-refractivity contribution < 1.29 is 9.36 Å². The predicted molar refractivity (Wildman–Crippen MR) is 119 cm³/mol. The van der Waals surface area contributed by atoms with Crippen LogP contribution in [-0.2, 0) is 4.57 Å².